The minimum atomic E-state index is -0.203. The largest absolute Gasteiger partial charge is 0.359 e. The number of aromatic amines is 1. The lowest BCUT2D eigenvalue weighted by molar-refractivity contribution is 1.33. The maximum atomic E-state index is 8.57. The van der Waals surface area contributed by atoms with Crippen molar-refractivity contribution in [2.24, 2.45) is 5.10 Å². The van der Waals surface area contributed by atoms with E-state index in [-0.39, 0.29) is 5.71 Å². The Bertz CT molecular complexity index is 650. The van der Waals surface area contributed by atoms with Gasteiger partial charge in [-0.2, -0.15) is 15.6 Å². The minimum Gasteiger partial charge on any atom is -0.359 e. The summed E-state index contributed by atoms with van der Waals surface area (Å²) in [5, 5.41) is 21.9. The number of nitriles is 2. The molecule has 1 heterocycles. The summed E-state index contributed by atoms with van der Waals surface area (Å²) in [4.78, 5) is 3.12. The van der Waals surface area contributed by atoms with Crippen molar-refractivity contribution in [1.29, 1.82) is 10.5 Å². The zero-order chi connectivity index (χ0) is 12.3. The Balaban J connectivity index is 2.41. The first-order valence-electron chi connectivity index (χ1n) is 4.97. The number of hydrogen-bond donors (Lipinski definition) is 2. The first-order valence-corrected chi connectivity index (χ1v) is 4.97. The van der Waals surface area contributed by atoms with Crippen molar-refractivity contribution in [1.82, 2.24) is 4.98 Å². The molecule has 0 spiro atoms. The van der Waals surface area contributed by atoms with Crippen molar-refractivity contribution in [3.63, 3.8) is 0 Å². The summed E-state index contributed by atoms with van der Waals surface area (Å²) in [6, 6.07) is 9.09. The molecular weight excluding hydrogens is 214 g/mol. The van der Waals surface area contributed by atoms with Crippen molar-refractivity contribution in [3.8, 4) is 12.1 Å². The monoisotopic (exact) mass is 223 g/mol. The van der Waals surface area contributed by atoms with Crippen molar-refractivity contribution < 1.29 is 0 Å². The fraction of sp³-hybridized carbons (Fsp3) is 0.0833. The number of benzene rings is 1. The van der Waals surface area contributed by atoms with Crippen LogP contribution in [0.5, 0.6) is 0 Å². The Morgan fingerprint density at radius 2 is 2.12 bits per heavy atom. The average Bonchev–Trinajstić information content (AvgIpc) is 2.73. The smallest absolute Gasteiger partial charge is 0.237 e. The molecule has 2 rings (SSSR count). The van der Waals surface area contributed by atoms with Gasteiger partial charge in [-0.3, -0.25) is 5.43 Å². The van der Waals surface area contributed by atoms with Crippen LogP contribution in [0.25, 0.3) is 10.9 Å². The van der Waals surface area contributed by atoms with Crippen LogP contribution in [0.3, 0.4) is 0 Å². The van der Waals surface area contributed by atoms with Gasteiger partial charge < -0.3 is 4.98 Å². The van der Waals surface area contributed by atoms with Crippen molar-refractivity contribution in [2.75, 3.05) is 5.43 Å². The highest BCUT2D eigenvalue weighted by Crippen LogP contribution is 2.24. The van der Waals surface area contributed by atoms with Crippen molar-refractivity contribution in [3.05, 3.63) is 30.0 Å². The van der Waals surface area contributed by atoms with Gasteiger partial charge in [-0.15, -0.1) is 0 Å². The molecule has 82 valence electrons. The second-order valence-electron chi connectivity index (χ2n) is 3.50. The molecule has 0 amide bonds. The number of aryl methyl sites for hydroxylation is 1. The topological polar surface area (TPSA) is 87.8 Å². The molecule has 1 aromatic carbocycles. The van der Waals surface area contributed by atoms with Gasteiger partial charge in [-0.05, 0) is 18.6 Å². The Morgan fingerprint density at radius 3 is 2.82 bits per heavy atom. The highest BCUT2D eigenvalue weighted by Gasteiger charge is 2.04. The molecule has 0 atom stereocenters. The third-order valence-corrected chi connectivity index (χ3v) is 2.42. The summed E-state index contributed by atoms with van der Waals surface area (Å²) in [6.45, 7) is 2.00. The molecule has 0 aliphatic rings. The zero-order valence-electron chi connectivity index (χ0n) is 9.15. The van der Waals surface area contributed by atoms with Gasteiger partial charge in [-0.25, -0.2) is 0 Å². The first-order chi connectivity index (χ1) is 8.26. The van der Waals surface area contributed by atoms with E-state index in [4.69, 9.17) is 10.5 Å². The summed E-state index contributed by atoms with van der Waals surface area (Å²) < 4.78 is 0. The van der Waals surface area contributed by atoms with Crippen LogP contribution in [0.4, 0.5) is 5.69 Å². The number of aromatic nitrogens is 1. The predicted molar refractivity (Wildman–Crippen MR) is 65.3 cm³/mol. The van der Waals surface area contributed by atoms with Crippen LogP contribution in [0.15, 0.2) is 29.5 Å². The Hall–Kier alpha value is -2.79. The summed E-state index contributed by atoms with van der Waals surface area (Å²) >= 11 is 0. The number of anilines is 1. The van der Waals surface area contributed by atoms with Crippen molar-refractivity contribution >= 4 is 22.3 Å². The van der Waals surface area contributed by atoms with Crippen LogP contribution in [0, 0.1) is 29.6 Å². The van der Waals surface area contributed by atoms with Gasteiger partial charge >= 0.3 is 0 Å². The van der Waals surface area contributed by atoms with E-state index in [1.165, 1.54) is 0 Å². The number of nitrogens with zero attached hydrogens (tertiary/aromatic N) is 3. The summed E-state index contributed by atoms with van der Waals surface area (Å²) in [7, 11) is 0. The van der Waals surface area contributed by atoms with Crippen LogP contribution < -0.4 is 5.43 Å². The van der Waals surface area contributed by atoms with E-state index in [9.17, 15) is 0 Å². The standard InChI is InChI=1S/C12H9N5/c1-8-7-15-12-10(8)3-2-4-11(12)17-16-9(5-13)6-14/h2-4,7,15,17H,1H3. The molecule has 17 heavy (non-hydrogen) atoms. The fourth-order valence-electron chi connectivity index (χ4n) is 1.58. The molecule has 2 aromatic rings. The molecule has 0 saturated carbocycles. The second kappa shape index (κ2) is 4.38. The molecule has 5 nitrogen and oxygen atoms in total. The highest BCUT2D eigenvalue weighted by atomic mass is 15.3. The lowest BCUT2D eigenvalue weighted by atomic mass is 10.2. The summed E-state index contributed by atoms with van der Waals surface area (Å²) in [5.41, 5.74) is 5.29. The number of hydrazone groups is 1. The predicted octanol–water partition coefficient (Wildman–Crippen LogP) is 2.29. The SMILES string of the molecule is Cc1c[nH]c2c(NN=C(C#N)C#N)cccc12. The number of H-pyrrole nitrogens is 1. The molecule has 0 radical (unpaired) electrons. The molecule has 0 aliphatic carbocycles. The molecule has 0 saturated heterocycles. The number of fused-ring (bicyclic) bond motifs is 1. The van der Waals surface area contributed by atoms with Crippen molar-refractivity contribution in [2.45, 2.75) is 6.92 Å². The van der Waals surface area contributed by atoms with Gasteiger partial charge in [0.15, 0.2) is 0 Å². The molecule has 5 heteroatoms. The molecule has 0 bridgehead atoms. The summed E-state index contributed by atoms with van der Waals surface area (Å²) in [6.07, 6.45) is 1.90. The van der Waals surface area contributed by atoms with E-state index in [2.05, 4.69) is 15.5 Å². The number of rotatable bonds is 2. The Kier molecular flexibility index (Phi) is 2.76. The lowest BCUT2D eigenvalue weighted by Gasteiger charge is -2.01. The van der Waals surface area contributed by atoms with E-state index in [0.29, 0.717) is 0 Å². The maximum absolute atomic E-state index is 8.57. The average molecular weight is 223 g/mol. The van der Waals surface area contributed by atoms with Gasteiger partial charge in [-0.1, -0.05) is 12.1 Å². The van der Waals surface area contributed by atoms with Gasteiger partial charge in [0.2, 0.25) is 5.71 Å². The molecule has 1 aromatic heterocycles. The number of para-hydroxylation sites is 1. The Labute approximate surface area is 98.0 Å². The molecular formula is C12H9N5. The first kappa shape index (κ1) is 10.7. The van der Waals surface area contributed by atoms with Crippen LogP contribution in [-0.2, 0) is 0 Å². The number of hydrogen-bond acceptors (Lipinski definition) is 4. The van der Waals surface area contributed by atoms with E-state index in [1.807, 2.05) is 31.3 Å². The quantitative estimate of drug-likeness (QED) is 0.604. The zero-order valence-corrected chi connectivity index (χ0v) is 9.15. The van der Waals surface area contributed by atoms with Crippen LogP contribution >= 0.6 is 0 Å². The van der Waals surface area contributed by atoms with E-state index in [0.717, 1.165) is 22.2 Å². The fourth-order valence-corrected chi connectivity index (χ4v) is 1.58. The second-order valence-corrected chi connectivity index (χ2v) is 3.50. The lowest BCUT2D eigenvalue weighted by Crippen LogP contribution is -1.96. The van der Waals surface area contributed by atoms with E-state index in [1.54, 1.807) is 12.1 Å². The normalized spacial score (nSPS) is 9.35. The highest BCUT2D eigenvalue weighted by molar-refractivity contribution is 6.10. The summed E-state index contributed by atoms with van der Waals surface area (Å²) in [5.74, 6) is 0. The Morgan fingerprint density at radius 1 is 1.35 bits per heavy atom. The van der Waals surface area contributed by atoms with E-state index < -0.39 is 0 Å². The third kappa shape index (κ3) is 1.95. The van der Waals surface area contributed by atoms with Gasteiger partial charge in [0, 0.05) is 11.6 Å². The molecule has 0 unspecified atom stereocenters. The maximum Gasteiger partial charge on any atom is 0.237 e. The van der Waals surface area contributed by atoms with Crippen LogP contribution in [0.2, 0.25) is 0 Å². The molecule has 2 N–H and O–H groups in total. The molecule has 0 aliphatic heterocycles. The van der Waals surface area contributed by atoms with Gasteiger partial charge in [0.05, 0.1) is 11.2 Å². The van der Waals surface area contributed by atoms with Crippen LogP contribution in [-0.4, -0.2) is 10.7 Å². The number of nitrogens with one attached hydrogen (secondary N) is 2. The minimum absolute atomic E-state index is 0.203. The van der Waals surface area contributed by atoms with Crippen LogP contribution in [0.1, 0.15) is 5.56 Å². The third-order valence-electron chi connectivity index (χ3n) is 2.42. The van der Waals surface area contributed by atoms with E-state index >= 15 is 0 Å². The molecule has 0 fully saturated rings. The van der Waals surface area contributed by atoms with Gasteiger partial charge in [0.1, 0.15) is 12.1 Å². The van der Waals surface area contributed by atoms with Gasteiger partial charge in [0.25, 0.3) is 0 Å².